The molecule has 1 saturated heterocycles. The van der Waals surface area contributed by atoms with Crippen LogP contribution in [0.15, 0.2) is 18.2 Å². The van der Waals surface area contributed by atoms with E-state index in [-0.39, 0.29) is 5.41 Å². The van der Waals surface area contributed by atoms with Crippen molar-refractivity contribution in [3.63, 3.8) is 0 Å². The monoisotopic (exact) mass is 385 g/mol. The van der Waals surface area contributed by atoms with Gasteiger partial charge in [-0.2, -0.15) is 4.39 Å². The second kappa shape index (κ2) is 7.40. The molecule has 0 N–H and O–H groups in total. The minimum absolute atomic E-state index is 0.0660. The summed E-state index contributed by atoms with van der Waals surface area (Å²) in [6, 6.07) is 4.99. The predicted molar refractivity (Wildman–Crippen MR) is 108 cm³/mol. The van der Waals surface area contributed by atoms with Gasteiger partial charge in [0, 0.05) is 38.0 Å². The fourth-order valence-electron chi connectivity index (χ4n) is 6.95. The number of pyridine rings is 1. The second-order valence-electron chi connectivity index (χ2n) is 9.87. The zero-order valence-corrected chi connectivity index (χ0v) is 16.8. The van der Waals surface area contributed by atoms with Crippen molar-refractivity contribution in [3.05, 3.63) is 24.1 Å². The largest absolute Gasteiger partial charge is 0.354 e. The van der Waals surface area contributed by atoms with Gasteiger partial charge in [-0.25, -0.2) is 4.98 Å². The van der Waals surface area contributed by atoms with Crippen LogP contribution in [0.4, 0.5) is 10.2 Å². The highest BCUT2D eigenvalue weighted by atomic mass is 19.1. The first-order valence-corrected chi connectivity index (χ1v) is 11.2. The van der Waals surface area contributed by atoms with Crippen molar-refractivity contribution in [1.29, 1.82) is 0 Å². The first-order valence-electron chi connectivity index (χ1n) is 11.2. The molecular formula is C23H32FN3O. The van der Waals surface area contributed by atoms with E-state index in [4.69, 9.17) is 0 Å². The van der Waals surface area contributed by atoms with Gasteiger partial charge in [0.25, 0.3) is 0 Å². The van der Waals surface area contributed by atoms with Crippen LogP contribution in [-0.2, 0) is 4.79 Å². The molecule has 0 spiro atoms. The lowest BCUT2D eigenvalue weighted by Gasteiger charge is -2.56. The molecule has 28 heavy (non-hydrogen) atoms. The molecule has 4 saturated carbocycles. The minimum Gasteiger partial charge on any atom is -0.354 e. The highest BCUT2D eigenvalue weighted by molar-refractivity contribution is 5.85. The number of halogens is 1. The number of rotatable bonds is 6. The number of aromatic nitrogens is 1. The lowest BCUT2D eigenvalue weighted by Crippen LogP contribution is -2.50. The number of ketones is 1. The summed E-state index contributed by atoms with van der Waals surface area (Å²) < 4.78 is 13.3. The van der Waals surface area contributed by atoms with Crippen LogP contribution in [0.5, 0.6) is 0 Å². The van der Waals surface area contributed by atoms with Crippen molar-refractivity contribution in [3.8, 4) is 0 Å². The predicted octanol–water partition coefficient (Wildman–Crippen LogP) is 3.91. The van der Waals surface area contributed by atoms with E-state index in [2.05, 4.69) is 14.8 Å². The molecule has 0 unspecified atom stereocenters. The molecule has 0 atom stereocenters. The van der Waals surface area contributed by atoms with Crippen LogP contribution in [0.2, 0.25) is 0 Å². The summed E-state index contributed by atoms with van der Waals surface area (Å²) in [7, 11) is 0. The Morgan fingerprint density at radius 2 is 1.68 bits per heavy atom. The first-order chi connectivity index (χ1) is 13.6. The molecule has 4 aliphatic carbocycles. The lowest BCUT2D eigenvalue weighted by molar-refractivity contribution is -0.144. The molecule has 4 bridgehead atoms. The van der Waals surface area contributed by atoms with E-state index in [1.54, 1.807) is 6.07 Å². The number of hydrogen-bond donors (Lipinski definition) is 0. The quantitative estimate of drug-likeness (QED) is 0.696. The molecule has 6 rings (SSSR count). The molecule has 5 fully saturated rings. The van der Waals surface area contributed by atoms with Crippen LogP contribution in [0, 0.1) is 29.1 Å². The Morgan fingerprint density at radius 3 is 2.29 bits per heavy atom. The van der Waals surface area contributed by atoms with E-state index >= 15 is 0 Å². The van der Waals surface area contributed by atoms with E-state index in [1.165, 1.54) is 44.6 Å². The van der Waals surface area contributed by atoms with E-state index in [0.29, 0.717) is 5.78 Å². The molecule has 2 heterocycles. The van der Waals surface area contributed by atoms with Crippen molar-refractivity contribution >= 4 is 11.6 Å². The lowest BCUT2D eigenvalue weighted by atomic mass is 9.48. The van der Waals surface area contributed by atoms with Gasteiger partial charge in [-0.1, -0.05) is 6.07 Å². The number of piperazine rings is 1. The summed E-state index contributed by atoms with van der Waals surface area (Å²) in [5, 5.41) is 0. The SMILES string of the molecule is O=C(CCCN1CCN(c2cccc(F)n2)CC1)C12CC3CC(CC(C3)C1)C2. The highest BCUT2D eigenvalue weighted by Gasteiger charge is 2.53. The Bertz CT molecular complexity index is 693. The zero-order valence-electron chi connectivity index (χ0n) is 16.8. The maximum absolute atomic E-state index is 13.3. The third-order valence-corrected chi connectivity index (χ3v) is 7.90. The molecule has 1 aromatic heterocycles. The van der Waals surface area contributed by atoms with Gasteiger partial charge in [0.15, 0.2) is 0 Å². The molecule has 152 valence electrons. The van der Waals surface area contributed by atoms with Gasteiger partial charge in [-0.05, 0) is 81.4 Å². The average molecular weight is 386 g/mol. The average Bonchev–Trinajstić information content (AvgIpc) is 2.67. The molecular weight excluding hydrogens is 353 g/mol. The summed E-state index contributed by atoms with van der Waals surface area (Å²) in [5.74, 6) is 3.44. The Balaban J connectivity index is 1.08. The molecule has 5 aliphatic rings. The molecule has 5 heteroatoms. The summed E-state index contributed by atoms with van der Waals surface area (Å²) in [6.45, 7) is 4.68. The van der Waals surface area contributed by atoms with Gasteiger partial charge in [-0.15, -0.1) is 0 Å². The summed E-state index contributed by atoms with van der Waals surface area (Å²) in [5.41, 5.74) is 0.0660. The fourth-order valence-corrected chi connectivity index (χ4v) is 6.95. The molecule has 0 radical (unpaired) electrons. The summed E-state index contributed by atoms with van der Waals surface area (Å²) in [6.07, 6.45) is 9.52. The molecule has 0 amide bonds. The van der Waals surface area contributed by atoms with Crippen molar-refractivity contribution in [2.24, 2.45) is 23.2 Å². The zero-order chi connectivity index (χ0) is 19.1. The maximum Gasteiger partial charge on any atom is 0.214 e. The van der Waals surface area contributed by atoms with Crippen molar-refractivity contribution < 1.29 is 9.18 Å². The van der Waals surface area contributed by atoms with Crippen LogP contribution in [0.3, 0.4) is 0 Å². The van der Waals surface area contributed by atoms with Gasteiger partial charge in [0.2, 0.25) is 5.95 Å². The number of hydrogen-bond acceptors (Lipinski definition) is 4. The summed E-state index contributed by atoms with van der Waals surface area (Å²) >= 11 is 0. The van der Waals surface area contributed by atoms with Gasteiger partial charge in [-0.3, -0.25) is 9.69 Å². The van der Waals surface area contributed by atoms with E-state index in [1.807, 2.05) is 6.07 Å². The summed E-state index contributed by atoms with van der Waals surface area (Å²) in [4.78, 5) is 21.7. The van der Waals surface area contributed by atoms with Gasteiger partial charge in [0.1, 0.15) is 11.6 Å². The number of carbonyl (C=O) groups is 1. The van der Waals surface area contributed by atoms with Crippen LogP contribution < -0.4 is 4.90 Å². The third-order valence-electron chi connectivity index (χ3n) is 7.90. The van der Waals surface area contributed by atoms with Crippen LogP contribution >= 0.6 is 0 Å². The number of nitrogens with zero attached hydrogens (tertiary/aromatic N) is 3. The maximum atomic E-state index is 13.3. The Labute approximate surface area is 167 Å². The second-order valence-corrected chi connectivity index (χ2v) is 9.87. The fraction of sp³-hybridized carbons (Fsp3) is 0.739. The van der Waals surface area contributed by atoms with E-state index in [0.717, 1.165) is 69.1 Å². The van der Waals surface area contributed by atoms with Crippen molar-refractivity contribution in [1.82, 2.24) is 9.88 Å². The molecule has 0 aromatic carbocycles. The number of Topliss-reactive ketones (excluding diaryl/α,β-unsaturated/α-hetero) is 1. The van der Waals surface area contributed by atoms with E-state index in [9.17, 15) is 9.18 Å². The molecule has 1 aliphatic heterocycles. The van der Waals surface area contributed by atoms with Crippen molar-refractivity contribution in [2.45, 2.75) is 51.4 Å². The van der Waals surface area contributed by atoms with Gasteiger partial charge < -0.3 is 4.90 Å². The number of carbonyl (C=O) groups excluding carboxylic acids is 1. The molecule has 4 nitrogen and oxygen atoms in total. The van der Waals surface area contributed by atoms with Crippen LogP contribution in [0.1, 0.15) is 51.4 Å². The van der Waals surface area contributed by atoms with Gasteiger partial charge >= 0.3 is 0 Å². The first kappa shape index (κ1) is 18.5. The van der Waals surface area contributed by atoms with E-state index < -0.39 is 5.95 Å². The topological polar surface area (TPSA) is 36.4 Å². The standard InChI is InChI=1S/C23H32FN3O/c24-21-4-1-5-22(25-21)27-9-7-26(8-10-27)6-2-3-20(28)23-14-17-11-18(15-23)13-19(12-17)16-23/h1,4-5,17-19H,2-3,6-16H2. The Hall–Kier alpha value is -1.49. The van der Waals surface area contributed by atoms with Crippen molar-refractivity contribution in [2.75, 3.05) is 37.6 Å². The van der Waals surface area contributed by atoms with Crippen LogP contribution in [-0.4, -0.2) is 48.4 Å². The Kier molecular flexibility index (Phi) is 4.90. The smallest absolute Gasteiger partial charge is 0.214 e. The molecule has 1 aromatic rings. The normalized spacial score (nSPS) is 34.8. The van der Waals surface area contributed by atoms with Crippen LogP contribution in [0.25, 0.3) is 0 Å². The van der Waals surface area contributed by atoms with Gasteiger partial charge in [0.05, 0.1) is 0 Å². The minimum atomic E-state index is -0.414. The highest BCUT2D eigenvalue weighted by Crippen LogP contribution is 2.60. The third kappa shape index (κ3) is 3.58. The Morgan fingerprint density at radius 1 is 1.04 bits per heavy atom. The number of anilines is 1.